The first-order valence-corrected chi connectivity index (χ1v) is 9.23. The number of aryl methyl sites for hydroxylation is 1. The van der Waals surface area contributed by atoms with Crippen LogP contribution >= 0.6 is 0 Å². The normalized spacial score (nSPS) is 14.4. The zero-order chi connectivity index (χ0) is 19.7. The van der Waals surface area contributed by atoms with E-state index in [0.29, 0.717) is 37.2 Å². The molecule has 0 saturated carbocycles. The van der Waals surface area contributed by atoms with E-state index in [2.05, 4.69) is 9.88 Å². The van der Waals surface area contributed by atoms with Gasteiger partial charge in [0, 0.05) is 33.2 Å². The average molecular weight is 378 g/mol. The molecule has 1 aliphatic rings. The third kappa shape index (κ3) is 3.09. The van der Waals surface area contributed by atoms with E-state index in [1.165, 1.54) is 4.57 Å². The molecule has 0 radical (unpaired) electrons. The highest BCUT2D eigenvalue weighted by Crippen LogP contribution is 2.28. The van der Waals surface area contributed by atoms with Crippen molar-refractivity contribution in [3.05, 3.63) is 64.6 Å². The molecule has 1 amide bonds. The Morgan fingerprint density at radius 2 is 1.68 bits per heavy atom. The summed E-state index contributed by atoms with van der Waals surface area (Å²) in [6, 6.07) is 15.2. The predicted octanol–water partition coefficient (Wildman–Crippen LogP) is 1.90. The van der Waals surface area contributed by atoms with Crippen LogP contribution in [-0.2, 0) is 7.05 Å². The summed E-state index contributed by atoms with van der Waals surface area (Å²) in [5.74, 6) is 0.498. The van der Waals surface area contributed by atoms with Gasteiger partial charge in [-0.25, -0.2) is 4.98 Å². The molecule has 28 heavy (non-hydrogen) atoms. The fraction of sp³-hybridized carbons (Fsp3) is 0.286. The zero-order valence-electron chi connectivity index (χ0n) is 16.0. The average Bonchev–Trinajstić information content (AvgIpc) is 2.76. The topological polar surface area (TPSA) is 67.7 Å². The molecule has 0 atom stereocenters. The lowest BCUT2D eigenvalue weighted by Crippen LogP contribution is -2.50. The van der Waals surface area contributed by atoms with Crippen molar-refractivity contribution in [2.24, 2.45) is 7.05 Å². The number of methoxy groups -OCH3 is 1. The zero-order valence-corrected chi connectivity index (χ0v) is 16.0. The Labute approximate surface area is 162 Å². The Morgan fingerprint density at radius 1 is 1.00 bits per heavy atom. The van der Waals surface area contributed by atoms with Gasteiger partial charge in [0.2, 0.25) is 0 Å². The van der Waals surface area contributed by atoms with E-state index in [4.69, 9.17) is 4.74 Å². The van der Waals surface area contributed by atoms with Gasteiger partial charge in [-0.1, -0.05) is 24.3 Å². The highest BCUT2D eigenvalue weighted by atomic mass is 16.5. The molecule has 0 aliphatic carbocycles. The number of hydrogen-bond donors (Lipinski definition) is 0. The molecule has 1 saturated heterocycles. The number of anilines is 1. The number of amides is 1. The lowest BCUT2D eigenvalue weighted by molar-refractivity contribution is 0.0738. The first kappa shape index (κ1) is 18.0. The third-order valence-corrected chi connectivity index (χ3v) is 5.18. The Kier molecular flexibility index (Phi) is 4.73. The highest BCUT2D eigenvalue weighted by molar-refractivity contribution is 5.94. The summed E-state index contributed by atoms with van der Waals surface area (Å²) in [5, 5.41) is 0. The van der Waals surface area contributed by atoms with E-state index in [-0.39, 0.29) is 17.2 Å². The molecular formula is C21H22N4O3. The second kappa shape index (κ2) is 7.34. The van der Waals surface area contributed by atoms with Crippen LogP contribution in [0, 0.1) is 0 Å². The maximum absolute atomic E-state index is 13.0. The van der Waals surface area contributed by atoms with Gasteiger partial charge in [-0.05, 0) is 24.3 Å². The molecule has 4 rings (SSSR count). The minimum atomic E-state index is -0.365. The Balaban J connectivity index is 1.56. The minimum Gasteiger partial charge on any atom is -0.495 e. The van der Waals surface area contributed by atoms with Crippen LogP contribution in [0.25, 0.3) is 11.0 Å². The SMILES string of the molecule is COc1ccccc1N1CCN(C(=O)c2nc3ccccc3n(C)c2=O)CC1. The van der Waals surface area contributed by atoms with Crippen molar-refractivity contribution < 1.29 is 9.53 Å². The third-order valence-electron chi connectivity index (χ3n) is 5.18. The van der Waals surface area contributed by atoms with Crippen LogP contribution < -0.4 is 15.2 Å². The van der Waals surface area contributed by atoms with Crippen LogP contribution in [0.2, 0.25) is 0 Å². The van der Waals surface area contributed by atoms with Gasteiger partial charge < -0.3 is 19.1 Å². The second-order valence-corrected chi connectivity index (χ2v) is 6.76. The number of para-hydroxylation sites is 4. The van der Waals surface area contributed by atoms with Gasteiger partial charge in [0.1, 0.15) is 5.75 Å². The van der Waals surface area contributed by atoms with Crippen LogP contribution in [0.4, 0.5) is 5.69 Å². The first-order chi connectivity index (χ1) is 13.6. The minimum absolute atomic E-state index is 0.0214. The van der Waals surface area contributed by atoms with Crippen molar-refractivity contribution in [1.82, 2.24) is 14.5 Å². The van der Waals surface area contributed by atoms with Gasteiger partial charge in [-0.15, -0.1) is 0 Å². The second-order valence-electron chi connectivity index (χ2n) is 6.76. The van der Waals surface area contributed by atoms with Crippen LogP contribution in [0.5, 0.6) is 5.75 Å². The Morgan fingerprint density at radius 3 is 2.43 bits per heavy atom. The standard InChI is InChI=1S/C21H22N4O3/c1-23-16-8-4-3-7-15(16)22-19(20(23)26)21(27)25-13-11-24(12-14-25)17-9-5-6-10-18(17)28-2/h3-10H,11-14H2,1-2H3. The summed E-state index contributed by atoms with van der Waals surface area (Å²) in [6.07, 6.45) is 0. The van der Waals surface area contributed by atoms with Gasteiger partial charge in [-0.2, -0.15) is 0 Å². The predicted molar refractivity (Wildman–Crippen MR) is 108 cm³/mol. The number of carbonyl (C=O) groups excluding carboxylic acids is 1. The van der Waals surface area contributed by atoms with Crippen LogP contribution in [0.3, 0.4) is 0 Å². The van der Waals surface area contributed by atoms with Crippen LogP contribution in [0.1, 0.15) is 10.5 Å². The van der Waals surface area contributed by atoms with Crippen molar-refractivity contribution in [2.45, 2.75) is 0 Å². The number of benzene rings is 2. The number of hydrogen-bond acceptors (Lipinski definition) is 5. The maximum atomic E-state index is 13.0. The maximum Gasteiger partial charge on any atom is 0.282 e. The molecule has 2 heterocycles. The summed E-state index contributed by atoms with van der Waals surface area (Å²) in [6.45, 7) is 2.38. The fourth-order valence-electron chi connectivity index (χ4n) is 3.61. The van der Waals surface area contributed by atoms with Gasteiger partial charge >= 0.3 is 0 Å². The highest BCUT2D eigenvalue weighted by Gasteiger charge is 2.27. The first-order valence-electron chi connectivity index (χ1n) is 9.23. The van der Waals surface area contributed by atoms with Gasteiger partial charge in [0.15, 0.2) is 5.69 Å². The van der Waals surface area contributed by atoms with Crippen molar-refractivity contribution in [1.29, 1.82) is 0 Å². The molecule has 144 valence electrons. The number of rotatable bonds is 3. The smallest absolute Gasteiger partial charge is 0.282 e. The molecule has 1 fully saturated rings. The summed E-state index contributed by atoms with van der Waals surface area (Å²) in [5.41, 5.74) is 1.98. The van der Waals surface area contributed by atoms with E-state index in [1.54, 1.807) is 19.1 Å². The number of piperazine rings is 1. The van der Waals surface area contributed by atoms with Crippen molar-refractivity contribution in [3.63, 3.8) is 0 Å². The number of fused-ring (bicyclic) bond motifs is 1. The summed E-state index contributed by atoms with van der Waals surface area (Å²) < 4.78 is 6.92. The fourth-order valence-corrected chi connectivity index (χ4v) is 3.61. The van der Waals surface area contributed by atoms with Crippen LogP contribution in [-0.4, -0.2) is 53.6 Å². The lowest BCUT2D eigenvalue weighted by Gasteiger charge is -2.36. The van der Waals surface area contributed by atoms with Crippen molar-refractivity contribution >= 4 is 22.6 Å². The van der Waals surface area contributed by atoms with E-state index in [0.717, 1.165) is 11.4 Å². The van der Waals surface area contributed by atoms with Gasteiger partial charge in [-0.3, -0.25) is 9.59 Å². The molecule has 7 heteroatoms. The largest absolute Gasteiger partial charge is 0.495 e. The van der Waals surface area contributed by atoms with Crippen molar-refractivity contribution in [3.8, 4) is 5.75 Å². The quantitative estimate of drug-likeness (QED) is 0.696. The number of nitrogens with zero attached hydrogens (tertiary/aromatic N) is 4. The Hall–Kier alpha value is -3.35. The molecular weight excluding hydrogens is 356 g/mol. The summed E-state index contributed by atoms with van der Waals surface area (Å²) >= 11 is 0. The molecule has 7 nitrogen and oxygen atoms in total. The van der Waals surface area contributed by atoms with E-state index >= 15 is 0 Å². The summed E-state index contributed by atoms with van der Waals surface area (Å²) in [7, 11) is 3.32. The van der Waals surface area contributed by atoms with E-state index in [9.17, 15) is 9.59 Å². The molecule has 1 aliphatic heterocycles. The molecule has 1 aromatic heterocycles. The molecule has 0 unspecified atom stereocenters. The Bertz CT molecular complexity index is 1080. The lowest BCUT2D eigenvalue weighted by atomic mass is 10.2. The monoisotopic (exact) mass is 378 g/mol. The number of ether oxygens (including phenoxy) is 1. The molecule has 0 spiro atoms. The molecule has 2 aromatic carbocycles. The molecule has 0 N–H and O–H groups in total. The van der Waals surface area contributed by atoms with E-state index in [1.807, 2.05) is 48.5 Å². The van der Waals surface area contributed by atoms with Crippen molar-refractivity contribution in [2.75, 3.05) is 38.2 Å². The van der Waals surface area contributed by atoms with Gasteiger partial charge in [0.25, 0.3) is 11.5 Å². The van der Waals surface area contributed by atoms with Crippen LogP contribution in [0.15, 0.2) is 53.3 Å². The van der Waals surface area contributed by atoms with E-state index < -0.39 is 0 Å². The molecule has 3 aromatic rings. The number of aromatic nitrogens is 2. The van der Waals surface area contributed by atoms with Gasteiger partial charge in [0.05, 0.1) is 23.8 Å². The summed E-state index contributed by atoms with van der Waals surface area (Å²) in [4.78, 5) is 33.9. The molecule has 0 bridgehead atoms. The number of carbonyl (C=O) groups is 1.